The van der Waals surface area contributed by atoms with Gasteiger partial charge in [-0.2, -0.15) is 13.2 Å². The van der Waals surface area contributed by atoms with E-state index in [-0.39, 0.29) is 24.2 Å². The van der Waals surface area contributed by atoms with E-state index in [0.29, 0.717) is 25.9 Å². The van der Waals surface area contributed by atoms with E-state index in [1.807, 2.05) is 24.3 Å². The zero-order valence-electron chi connectivity index (χ0n) is 15.4. The van der Waals surface area contributed by atoms with Crippen LogP contribution in [-0.2, 0) is 17.5 Å². The molecule has 1 aromatic heterocycles. The number of aromatic nitrogens is 1. The molecular weight excluding hydrogens is 435 g/mol. The van der Waals surface area contributed by atoms with Crippen LogP contribution in [0.15, 0.2) is 47.1 Å². The number of halogens is 4. The maximum Gasteiger partial charge on any atom is 0.419 e. The number of rotatable bonds is 4. The third-order valence-corrected chi connectivity index (χ3v) is 5.68. The fourth-order valence-corrected chi connectivity index (χ4v) is 3.92. The molecule has 0 bridgehead atoms. The van der Waals surface area contributed by atoms with Crippen molar-refractivity contribution in [2.24, 2.45) is 5.92 Å². The molecule has 1 amide bonds. The Balaban J connectivity index is 1.73. The summed E-state index contributed by atoms with van der Waals surface area (Å²) in [5, 5.41) is 0. The number of nitrogens with zero attached hydrogens (tertiary/aromatic N) is 3. The lowest BCUT2D eigenvalue weighted by atomic mass is 9.96. The molecule has 0 radical (unpaired) electrons. The maximum atomic E-state index is 13.3. The van der Waals surface area contributed by atoms with E-state index in [2.05, 4.69) is 20.9 Å². The zero-order valence-corrected chi connectivity index (χ0v) is 17.0. The predicted octanol–water partition coefficient (Wildman–Crippen LogP) is 4.74. The number of anilines is 1. The number of pyridine rings is 1. The molecule has 0 aliphatic carbocycles. The highest BCUT2D eigenvalue weighted by Crippen LogP contribution is 2.36. The Kier molecular flexibility index (Phi) is 6.27. The largest absolute Gasteiger partial charge is 0.419 e. The lowest BCUT2D eigenvalue weighted by Gasteiger charge is -2.35. The first-order valence-corrected chi connectivity index (χ1v) is 9.82. The molecule has 1 saturated heterocycles. The van der Waals surface area contributed by atoms with E-state index in [1.165, 1.54) is 12.3 Å². The molecule has 28 heavy (non-hydrogen) atoms. The van der Waals surface area contributed by atoms with E-state index in [9.17, 15) is 18.0 Å². The van der Waals surface area contributed by atoms with Gasteiger partial charge in [-0.15, -0.1) is 0 Å². The summed E-state index contributed by atoms with van der Waals surface area (Å²) in [4.78, 5) is 20.1. The molecule has 1 fully saturated rings. The highest BCUT2D eigenvalue weighted by Gasteiger charge is 2.37. The monoisotopic (exact) mass is 455 g/mol. The van der Waals surface area contributed by atoms with Gasteiger partial charge in [-0.25, -0.2) is 4.98 Å². The second-order valence-corrected chi connectivity index (χ2v) is 7.80. The van der Waals surface area contributed by atoms with Crippen LogP contribution >= 0.6 is 15.9 Å². The number of carbonyl (C=O) groups excluding carboxylic acids is 1. The molecule has 1 unspecified atom stereocenters. The summed E-state index contributed by atoms with van der Waals surface area (Å²) in [7, 11) is 1.72. The lowest BCUT2D eigenvalue weighted by molar-refractivity contribution is -0.137. The van der Waals surface area contributed by atoms with Crippen LogP contribution in [0, 0.1) is 5.92 Å². The summed E-state index contributed by atoms with van der Waals surface area (Å²) in [6, 6.07) is 9.97. The summed E-state index contributed by atoms with van der Waals surface area (Å²) in [6.07, 6.45) is -1.82. The fraction of sp³-hybridized carbons (Fsp3) is 0.400. The molecule has 0 spiro atoms. The van der Waals surface area contributed by atoms with E-state index in [0.717, 1.165) is 16.1 Å². The van der Waals surface area contributed by atoms with Crippen LogP contribution in [0.2, 0.25) is 0 Å². The number of benzene rings is 1. The summed E-state index contributed by atoms with van der Waals surface area (Å²) in [5.74, 6) is -0.518. The number of carbonyl (C=O) groups is 1. The Morgan fingerprint density at radius 3 is 2.75 bits per heavy atom. The Morgan fingerprint density at radius 1 is 1.29 bits per heavy atom. The van der Waals surface area contributed by atoms with Crippen LogP contribution in [0.5, 0.6) is 0 Å². The topological polar surface area (TPSA) is 36.4 Å². The van der Waals surface area contributed by atoms with E-state index < -0.39 is 11.7 Å². The molecule has 2 heterocycles. The number of hydrogen-bond donors (Lipinski definition) is 0. The van der Waals surface area contributed by atoms with Gasteiger partial charge < -0.3 is 9.80 Å². The molecule has 2 aromatic rings. The van der Waals surface area contributed by atoms with Crippen LogP contribution in [0.3, 0.4) is 0 Å². The highest BCUT2D eigenvalue weighted by molar-refractivity contribution is 9.10. The van der Waals surface area contributed by atoms with Gasteiger partial charge in [0.2, 0.25) is 5.91 Å². The van der Waals surface area contributed by atoms with Crippen molar-refractivity contribution in [1.82, 2.24) is 9.88 Å². The molecule has 1 aromatic carbocycles. The van der Waals surface area contributed by atoms with Crippen molar-refractivity contribution in [3.63, 3.8) is 0 Å². The highest BCUT2D eigenvalue weighted by atomic mass is 79.9. The summed E-state index contributed by atoms with van der Waals surface area (Å²) < 4.78 is 40.9. The first kappa shape index (κ1) is 20.6. The second-order valence-electron chi connectivity index (χ2n) is 6.94. The van der Waals surface area contributed by atoms with Crippen LogP contribution in [-0.4, -0.2) is 35.9 Å². The summed E-state index contributed by atoms with van der Waals surface area (Å²) >= 11 is 3.48. The van der Waals surface area contributed by atoms with Gasteiger partial charge in [0, 0.05) is 37.4 Å². The summed E-state index contributed by atoms with van der Waals surface area (Å²) in [5.41, 5.74) is 0.222. The molecule has 150 valence electrons. The molecule has 1 atom stereocenters. The molecule has 3 rings (SSSR count). The average Bonchev–Trinajstić information content (AvgIpc) is 2.68. The SMILES string of the molecule is CN(Cc1ccccc1Br)C(=O)C1CCCN(c2ncccc2C(F)(F)F)C1. The van der Waals surface area contributed by atoms with Crippen molar-refractivity contribution in [2.45, 2.75) is 25.6 Å². The van der Waals surface area contributed by atoms with E-state index >= 15 is 0 Å². The van der Waals surface area contributed by atoms with Gasteiger partial charge in [0.05, 0.1) is 11.5 Å². The van der Waals surface area contributed by atoms with Gasteiger partial charge in [0.25, 0.3) is 0 Å². The third-order valence-electron chi connectivity index (χ3n) is 4.90. The fourth-order valence-electron chi connectivity index (χ4n) is 3.51. The summed E-state index contributed by atoms with van der Waals surface area (Å²) in [6.45, 7) is 1.13. The first-order valence-electron chi connectivity index (χ1n) is 9.03. The Hall–Kier alpha value is -2.09. The van der Waals surface area contributed by atoms with Crippen LogP contribution in [0.25, 0.3) is 0 Å². The molecule has 4 nitrogen and oxygen atoms in total. The molecule has 1 aliphatic rings. The van der Waals surface area contributed by atoms with Gasteiger partial charge in [-0.05, 0) is 36.6 Å². The number of piperidine rings is 1. The van der Waals surface area contributed by atoms with Crippen molar-refractivity contribution in [2.75, 3.05) is 25.0 Å². The maximum absolute atomic E-state index is 13.3. The minimum absolute atomic E-state index is 0.0649. The number of alkyl halides is 3. The van der Waals surface area contributed by atoms with Gasteiger partial charge >= 0.3 is 6.18 Å². The van der Waals surface area contributed by atoms with E-state index in [1.54, 1.807) is 16.8 Å². The zero-order chi connectivity index (χ0) is 20.3. The predicted molar refractivity (Wildman–Crippen MR) is 105 cm³/mol. The quantitative estimate of drug-likeness (QED) is 0.667. The minimum Gasteiger partial charge on any atom is -0.355 e. The van der Waals surface area contributed by atoms with Crippen molar-refractivity contribution >= 4 is 27.7 Å². The smallest absolute Gasteiger partial charge is 0.355 e. The van der Waals surface area contributed by atoms with Crippen LogP contribution in [0.4, 0.5) is 19.0 Å². The lowest BCUT2D eigenvalue weighted by Crippen LogP contribution is -2.44. The van der Waals surface area contributed by atoms with Crippen molar-refractivity contribution in [1.29, 1.82) is 0 Å². The molecular formula is C20H21BrF3N3O. The number of hydrogen-bond acceptors (Lipinski definition) is 3. The van der Waals surface area contributed by atoms with Gasteiger partial charge in [0.1, 0.15) is 5.82 Å². The minimum atomic E-state index is -4.48. The molecule has 0 N–H and O–H groups in total. The van der Waals surface area contributed by atoms with Crippen LogP contribution < -0.4 is 4.90 Å². The van der Waals surface area contributed by atoms with E-state index in [4.69, 9.17) is 0 Å². The Labute approximate surface area is 170 Å². The van der Waals surface area contributed by atoms with Crippen molar-refractivity contribution < 1.29 is 18.0 Å². The Morgan fingerprint density at radius 2 is 2.04 bits per heavy atom. The molecule has 8 heteroatoms. The van der Waals surface area contributed by atoms with Crippen molar-refractivity contribution in [3.8, 4) is 0 Å². The van der Waals surface area contributed by atoms with Gasteiger partial charge in [0.15, 0.2) is 0 Å². The Bertz CT molecular complexity index is 843. The molecule has 1 aliphatic heterocycles. The van der Waals surface area contributed by atoms with Gasteiger partial charge in [-0.1, -0.05) is 34.1 Å². The van der Waals surface area contributed by atoms with Crippen LogP contribution in [0.1, 0.15) is 24.0 Å². The van der Waals surface area contributed by atoms with Gasteiger partial charge in [-0.3, -0.25) is 4.79 Å². The second kappa shape index (κ2) is 8.51. The average molecular weight is 456 g/mol. The van der Waals surface area contributed by atoms with Crippen molar-refractivity contribution in [3.05, 3.63) is 58.2 Å². The normalized spacial score (nSPS) is 17.5. The molecule has 0 saturated carbocycles. The third kappa shape index (κ3) is 4.66. The first-order chi connectivity index (χ1) is 13.3. The number of amides is 1. The standard InChI is InChI=1S/C20H21BrF3N3O/c1-26(12-14-6-2-3-9-17(14)21)19(28)15-7-5-11-27(13-15)18-16(20(22,23)24)8-4-10-25-18/h2-4,6,8-10,15H,5,7,11-13H2,1H3.